The Kier molecular flexibility index (Phi) is 5.65. The van der Waals surface area contributed by atoms with Gasteiger partial charge in [0.15, 0.2) is 0 Å². The van der Waals surface area contributed by atoms with E-state index in [1.165, 1.54) is 11.1 Å². The minimum atomic E-state index is 0.139. The van der Waals surface area contributed by atoms with Crippen LogP contribution in [0, 0.1) is 0 Å². The topological polar surface area (TPSA) is 55.8 Å². The Morgan fingerprint density at radius 2 is 2.04 bits per heavy atom. The normalized spacial score (nSPS) is 20.8. The Balaban J connectivity index is 1.60. The number of aliphatic hydroxyl groups excluding tert-OH is 1. The molecule has 1 atom stereocenters. The first-order valence-corrected chi connectivity index (χ1v) is 8.71. The minimum Gasteiger partial charge on any atom is -0.395 e. The fourth-order valence-electron chi connectivity index (χ4n) is 3.78. The molecule has 1 aliphatic heterocycles. The fraction of sp³-hybridized carbons (Fsp3) is 0.611. The second-order valence-corrected chi connectivity index (χ2v) is 6.39. The first kappa shape index (κ1) is 16.4. The number of fused-ring (bicyclic) bond motifs is 1. The number of carbonyl (C=O) groups is 1. The van der Waals surface area contributed by atoms with Crippen LogP contribution in [-0.2, 0) is 11.2 Å². The monoisotopic (exact) mass is 317 g/mol. The number of nitrogens with zero attached hydrogens (tertiary/aromatic N) is 2. The van der Waals surface area contributed by atoms with Crippen molar-refractivity contribution in [2.45, 2.75) is 25.3 Å². The van der Waals surface area contributed by atoms with Gasteiger partial charge in [-0.25, -0.2) is 0 Å². The van der Waals surface area contributed by atoms with E-state index in [1.807, 2.05) is 4.90 Å². The molecule has 0 bridgehead atoms. The van der Waals surface area contributed by atoms with Gasteiger partial charge in [0.05, 0.1) is 6.61 Å². The van der Waals surface area contributed by atoms with E-state index < -0.39 is 0 Å². The molecule has 1 fully saturated rings. The molecule has 1 heterocycles. The van der Waals surface area contributed by atoms with Gasteiger partial charge < -0.3 is 15.3 Å². The maximum atomic E-state index is 12.4. The van der Waals surface area contributed by atoms with E-state index >= 15 is 0 Å². The van der Waals surface area contributed by atoms with Gasteiger partial charge in [0.1, 0.15) is 0 Å². The van der Waals surface area contributed by atoms with Crippen LogP contribution in [0.5, 0.6) is 0 Å². The van der Waals surface area contributed by atoms with Gasteiger partial charge >= 0.3 is 0 Å². The number of nitrogens with one attached hydrogen (secondary N) is 1. The van der Waals surface area contributed by atoms with Gasteiger partial charge in [0, 0.05) is 51.7 Å². The van der Waals surface area contributed by atoms with Crippen LogP contribution in [0.15, 0.2) is 24.3 Å². The zero-order valence-corrected chi connectivity index (χ0v) is 13.7. The van der Waals surface area contributed by atoms with E-state index in [0.29, 0.717) is 19.0 Å². The molecule has 1 saturated heterocycles. The number of carbonyl (C=O) groups excluding carboxylic acids is 1. The van der Waals surface area contributed by atoms with Crippen molar-refractivity contribution in [3.8, 4) is 0 Å². The molecule has 1 amide bonds. The summed E-state index contributed by atoms with van der Waals surface area (Å²) in [4.78, 5) is 16.6. The Labute approximate surface area is 138 Å². The molecule has 1 aromatic carbocycles. The third-order valence-corrected chi connectivity index (χ3v) is 5.01. The summed E-state index contributed by atoms with van der Waals surface area (Å²) in [5, 5.41) is 12.7. The van der Waals surface area contributed by atoms with E-state index in [4.69, 9.17) is 0 Å². The molecule has 3 rings (SSSR count). The predicted octanol–water partition coefficient (Wildman–Crippen LogP) is 0.790. The molecule has 1 unspecified atom stereocenters. The van der Waals surface area contributed by atoms with E-state index in [2.05, 4.69) is 34.5 Å². The summed E-state index contributed by atoms with van der Waals surface area (Å²) in [6.07, 6.45) is 2.72. The smallest absolute Gasteiger partial charge is 0.223 e. The summed E-state index contributed by atoms with van der Waals surface area (Å²) in [6, 6.07) is 8.90. The highest BCUT2D eigenvalue weighted by molar-refractivity contribution is 5.76. The van der Waals surface area contributed by atoms with Gasteiger partial charge in [0.2, 0.25) is 5.91 Å². The molecule has 0 saturated carbocycles. The van der Waals surface area contributed by atoms with Crippen molar-refractivity contribution < 1.29 is 9.90 Å². The van der Waals surface area contributed by atoms with Gasteiger partial charge in [0.25, 0.3) is 0 Å². The number of amides is 1. The number of hydrogen-bond donors (Lipinski definition) is 2. The zero-order valence-electron chi connectivity index (χ0n) is 13.7. The quantitative estimate of drug-likeness (QED) is 0.814. The maximum absolute atomic E-state index is 12.4. The summed E-state index contributed by atoms with van der Waals surface area (Å²) in [7, 11) is 0. The Morgan fingerprint density at radius 1 is 1.26 bits per heavy atom. The summed E-state index contributed by atoms with van der Waals surface area (Å²) in [5.41, 5.74) is 2.78. The number of rotatable bonds is 6. The highest BCUT2D eigenvalue weighted by Gasteiger charge is 2.28. The molecule has 1 aliphatic carbocycles. The summed E-state index contributed by atoms with van der Waals surface area (Å²) < 4.78 is 0. The van der Waals surface area contributed by atoms with Crippen LogP contribution in [0.25, 0.3) is 0 Å². The highest BCUT2D eigenvalue weighted by atomic mass is 16.3. The molecule has 0 spiro atoms. The van der Waals surface area contributed by atoms with E-state index in [9.17, 15) is 9.90 Å². The maximum Gasteiger partial charge on any atom is 0.223 e. The number of benzene rings is 1. The number of aryl methyl sites for hydroxylation is 1. The Bertz CT molecular complexity index is 529. The van der Waals surface area contributed by atoms with Gasteiger partial charge in [-0.1, -0.05) is 24.3 Å². The Hall–Kier alpha value is -1.43. The predicted molar refractivity (Wildman–Crippen MR) is 90.2 cm³/mol. The molecule has 23 heavy (non-hydrogen) atoms. The van der Waals surface area contributed by atoms with Crippen LogP contribution in [0.2, 0.25) is 0 Å². The molecular formula is C18H27N3O2. The highest BCUT2D eigenvalue weighted by Crippen LogP contribution is 2.35. The lowest BCUT2D eigenvalue weighted by atomic mass is 10.1. The molecular weight excluding hydrogens is 290 g/mol. The zero-order chi connectivity index (χ0) is 16.1. The second-order valence-electron chi connectivity index (χ2n) is 6.39. The van der Waals surface area contributed by atoms with Gasteiger partial charge in [-0.05, 0) is 24.0 Å². The van der Waals surface area contributed by atoms with Crippen LogP contribution < -0.4 is 5.32 Å². The van der Waals surface area contributed by atoms with E-state index in [1.54, 1.807) is 0 Å². The van der Waals surface area contributed by atoms with Crippen LogP contribution >= 0.6 is 0 Å². The van der Waals surface area contributed by atoms with Crippen LogP contribution in [0.4, 0.5) is 0 Å². The first-order chi connectivity index (χ1) is 11.3. The fourth-order valence-corrected chi connectivity index (χ4v) is 3.78. The largest absolute Gasteiger partial charge is 0.395 e. The van der Waals surface area contributed by atoms with Crippen molar-refractivity contribution in [1.82, 2.24) is 15.1 Å². The van der Waals surface area contributed by atoms with Crippen molar-refractivity contribution >= 4 is 5.91 Å². The standard InChI is InChI=1S/C18H27N3O2/c22-14-13-20(10-7-18(23)21-11-8-19-9-12-21)17-6-5-15-3-1-2-4-16(15)17/h1-4,17,19,22H,5-14H2. The van der Waals surface area contributed by atoms with Crippen molar-refractivity contribution in [2.75, 3.05) is 45.9 Å². The molecule has 0 aromatic heterocycles. The molecule has 2 N–H and O–H groups in total. The number of hydrogen-bond acceptors (Lipinski definition) is 4. The third kappa shape index (κ3) is 3.91. The summed E-state index contributed by atoms with van der Waals surface area (Å²) in [6.45, 7) is 4.90. The average Bonchev–Trinajstić information content (AvgIpc) is 3.03. The molecule has 5 heteroatoms. The molecule has 1 aromatic rings. The van der Waals surface area contributed by atoms with Crippen LogP contribution in [0.1, 0.15) is 30.0 Å². The second kappa shape index (κ2) is 7.90. The molecule has 5 nitrogen and oxygen atoms in total. The van der Waals surface area contributed by atoms with E-state index in [0.717, 1.165) is 45.6 Å². The van der Waals surface area contributed by atoms with Crippen LogP contribution in [0.3, 0.4) is 0 Å². The molecule has 2 aliphatic rings. The van der Waals surface area contributed by atoms with Crippen molar-refractivity contribution in [3.05, 3.63) is 35.4 Å². The first-order valence-electron chi connectivity index (χ1n) is 8.71. The minimum absolute atomic E-state index is 0.139. The van der Waals surface area contributed by atoms with Gasteiger partial charge in [-0.3, -0.25) is 9.69 Å². The number of piperazine rings is 1. The average molecular weight is 317 g/mol. The molecule has 126 valence electrons. The number of aliphatic hydroxyl groups is 1. The Morgan fingerprint density at radius 3 is 2.83 bits per heavy atom. The lowest BCUT2D eigenvalue weighted by Crippen LogP contribution is -2.47. The third-order valence-electron chi connectivity index (χ3n) is 5.01. The van der Waals surface area contributed by atoms with Crippen molar-refractivity contribution in [2.24, 2.45) is 0 Å². The SMILES string of the molecule is O=C(CCN(CCO)C1CCc2ccccc21)N1CCNCC1. The van der Waals surface area contributed by atoms with Crippen molar-refractivity contribution in [1.29, 1.82) is 0 Å². The summed E-state index contributed by atoms with van der Waals surface area (Å²) in [5.74, 6) is 0.237. The molecule has 0 radical (unpaired) electrons. The van der Waals surface area contributed by atoms with Crippen LogP contribution in [-0.4, -0.2) is 66.7 Å². The lowest BCUT2D eigenvalue weighted by Gasteiger charge is -2.31. The van der Waals surface area contributed by atoms with Crippen molar-refractivity contribution in [3.63, 3.8) is 0 Å². The lowest BCUT2D eigenvalue weighted by molar-refractivity contribution is -0.132. The summed E-state index contributed by atoms with van der Waals surface area (Å²) >= 11 is 0. The van der Waals surface area contributed by atoms with Gasteiger partial charge in [-0.15, -0.1) is 0 Å². The van der Waals surface area contributed by atoms with Gasteiger partial charge in [-0.2, -0.15) is 0 Å². The van der Waals surface area contributed by atoms with E-state index in [-0.39, 0.29) is 12.5 Å².